The van der Waals surface area contributed by atoms with E-state index in [9.17, 15) is 4.79 Å². The Bertz CT molecular complexity index is 1250. The van der Waals surface area contributed by atoms with Crippen LogP contribution in [0.25, 0.3) is 10.9 Å². The number of methoxy groups -OCH3 is 2. The molecule has 1 saturated heterocycles. The van der Waals surface area contributed by atoms with Crippen LogP contribution in [0.5, 0.6) is 11.5 Å². The lowest BCUT2D eigenvalue weighted by molar-refractivity contribution is 0.0714. The zero-order chi connectivity index (χ0) is 25.0. The predicted octanol–water partition coefficient (Wildman–Crippen LogP) is 1.78. The van der Waals surface area contributed by atoms with Crippen molar-refractivity contribution in [3.8, 4) is 11.5 Å². The molecule has 0 spiro atoms. The highest BCUT2D eigenvalue weighted by Gasteiger charge is 2.25. The molecular formula is C19H21N5O4. The average molecular weight is 389 g/mol. The second kappa shape index (κ2) is 7.26. The van der Waals surface area contributed by atoms with Crippen molar-refractivity contribution in [2.45, 2.75) is 0 Å². The van der Waals surface area contributed by atoms with Crippen LogP contribution in [0, 0.1) is 0 Å². The summed E-state index contributed by atoms with van der Waals surface area (Å²) in [6.07, 6.45) is 1.24. The smallest absolute Gasteiger partial charge is 0.289 e. The fraction of sp³-hybridized carbons (Fsp3) is 0.316. The van der Waals surface area contributed by atoms with Gasteiger partial charge < -0.3 is 29.4 Å². The van der Waals surface area contributed by atoms with Crippen molar-refractivity contribution in [1.82, 2.24) is 14.9 Å². The van der Waals surface area contributed by atoms with Crippen LogP contribution in [0.2, 0.25) is 0 Å². The summed E-state index contributed by atoms with van der Waals surface area (Å²) < 4.78 is 65.9. The number of fused-ring (bicyclic) bond motifs is 1. The summed E-state index contributed by atoms with van der Waals surface area (Å²) in [5.74, 6) is -1.53. The Kier molecular flexibility index (Phi) is 3.13. The SMILES string of the molecule is [2H]c1c(OC)c(OC)c([2H])c2c(N)nc(N3CC([2H])([2H])N(C(=O)c4ccco4)C([2H])([2H])C3)nc12. The van der Waals surface area contributed by atoms with Crippen LogP contribution in [0.4, 0.5) is 11.8 Å². The molecule has 2 aromatic heterocycles. The van der Waals surface area contributed by atoms with Crippen LogP contribution in [-0.2, 0) is 0 Å². The molecule has 9 heteroatoms. The quantitative estimate of drug-likeness (QED) is 0.720. The number of benzene rings is 1. The Labute approximate surface area is 170 Å². The summed E-state index contributed by atoms with van der Waals surface area (Å²) in [6, 6.07) is 2.36. The number of carbonyl (C=O) groups is 1. The van der Waals surface area contributed by atoms with Gasteiger partial charge in [0, 0.05) is 37.5 Å². The maximum atomic E-state index is 12.8. The van der Waals surface area contributed by atoms with Crippen molar-refractivity contribution in [1.29, 1.82) is 0 Å². The van der Waals surface area contributed by atoms with Crippen molar-refractivity contribution in [2.24, 2.45) is 0 Å². The van der Waals surface area contributed by atoms with Gasteiger partial charge >= 0.3 is 0 Å². The van der Waals surface area contributed by atoms with Gasteiger partial charge in [0.15, 0.2) is 17.3 Å². The monoisotopic (exact) mass is 389 g/mol. The number of hydrogen-bond donors (Lipinski definition) is 1. The minimum Gasteiger partial charge on any atom is -0.493 e. The number of anilines is 2. The number of nitrogens with two attached hydrogens (primary N) is 1. The molecule has 9 nitrogen and oxygen atoms in total. The lowest BCUT2D eigenvalue weighted by atomic mass is 10.2. The summed E-state index contributed by atoms with van der Waals surface area (Å²) in [5, 5.41) is 0.0454. The van der Waals surface area contributed by atoms with Gasteiger partial charge in [-0.05, 0) is 18.2 Å². The number of amides is 1. The van der Waals surface area contributed by atoms with Crippen LogP contribution < -0.4 is 20.1 Å². The van der Waals surface area contributed by atoms with Crippen molar-refractivity contribution in [3.05, 3.63) is 36.2 Å². The molecule has 4 rings (SSSR count). The van der Waals surface area contributed by atoms with Crippen LogP contribution >= 0.6 is 0 Å². The first-order valence-corrected chi connectivity index (χ1v) is 8.24. The Morgan fingerprint density at radius 3 is 2.61 bits per heavy atom. The fourth-order valence-corrected chi connectivity index (χ4v) is 2.66. The number of piperazine rings is 1. The molecule has 0 atom stereocenters. The van der Waals surface area contributed by atoms with Crippen LogP contribution in [-0.4, -0.2) is 61.1 Å². The van der Waals surface area contributed by atoms with Gasteiger partial charge in [0.1, 0.15) is 5.82 Å². The van der Waals surface area contributed by atoms with E-state index in [2.05, 4.69) is 9.97 Å². The number of hydrogen-bond acceptors (Lipinski definition) is 8. The highest BCUT2D eigenvalue weighted by molar-refractivity contribution is 5.92. The normalized spacial score (nSPS) is 21.1. The third-order valence-electron chi connectivity index (χ3n) is 4.07. The van der Waals surface area contributed by atoms with E-state index in [1.807, 2.05) is 0 Å². The summed E-state index contributed by atoms with van der Waals surface area (Å²) in [7, 11) is 2.63. The Morgan fingerprint density at radius 1 is 1.25 bits per heavy atom. The van der Waals surface area contributed by atoms with E-state index in [4.69, 9.17) is 27.8 Å². The van der Waals surface area contributed by atoms with E-state index in [1.54, 1.807) is 0 Å². The Morgan fingerprint density at radius 2 is 1.96 bits per heavy atom. The minimum absolute atomic E-state index is 0.0132. The average Bonchev–Trinajstić information content (AvgIpc) is 3.28. The number of ether oxygens (including phenoxy) is 2. The number of nitrogen functional groups attached to an aromatic ring is 1. The van der Waals surface area contributed by atoms with Gasteiger partial charge in [0.05, 0.1) is 34.2 Å². The largest absolute Gasteiger partial charge is 0.493 e. The summed E-state index contributed by atoms with van der Waals surface area (Å²) in [6.45, 7) is -5.95. The summed E-state index contributed by atoms with van der Waals surface area (Å²) >= 11 is 0. The molecule has 0 saturated carbocycles. The molecule has 146 valence electrons. The molecule has 28 heavy (non-hydrogen) atoms. The summed E-state index contributed by atoms with van der Waals surface area (Å²) in [4.78, 5) is 22.9. The molecule has 1 fully saturated rings. The predicted molar refractivity (Wildman–Crippen MR) is 104 cm³/mol. The lowest BCUT2D eigenvalue weighted by Gasteiger charge is -2.34. The molecule has 1 aliphatic rings. The van der Waals surface area contributed by atoms with Gasteiger partial charge in [-0.3, -0.25) is 4.79 Å². The first-order chi connectivity index (χ1) is 15.9. The van der Waals surface area contributed by atoms with E-state index in [0.717, 1.165) is 0 Å². The lowest BCUT2D eigenvalue weighted by Crippen LogP contribution is -2.49. The highest BCUT2D eigenvalue weighted by atomic mass is 16.5. The molecule has 0 radical (unpaired) electrons. The highest BCUT2D eigenvalue weighted by Crippen LogP contribution is 2.34. The third kappa shape index (κ3) is 3.15. The van der Waals surface area contributed by atoms with Gasteiger partial charge in [0.2, 0.25) is 5.95 Å². The van der Waals surface area contributed by atoms with E-state index in [0.29, 0.717) is 4.90 Å². The van der Waals surface area contributed by atoms with Gasteiger partial charge in [0.25, 0.3) is 5.91 Å². The maximum Gasteiger partial charge on any atom is 0.289 e. The molecule has 1 aromatic carbocycles. The summed E-state index contributed by atoms with van der Waals surface area (Å²) in [5.41, 5.74) is 6.04. The first kappa shape index (κ1) is 12.1. The van der Waals surface area contributed by atoms with E-state index >= 15 is 0 Å². The Hall–Kier alpha value is -3.49. The van der Waals surface area contributed by atoms with Gasteiger partial charge in [-0.2, -0.15) is 4.98 Å². The molecule has 0 unspecified atom stereocenters. The molecule has 1 amide bonds. The van der Waals surface area contributed by atoms with E-state index in [-0.39, 0.29) is 52.0 Å². The number of furan rings is 1. The molecule has 1 aliphatic heterocycles. The minimum atomic E-state index is -2.49. The van der Waals surface area contributed by atoms with Crippen molar-refractivity contribution in [3.63, 3.8) is 0 Å². The number of nitrogens with zero attached hydrogens (tertiary/aromatic N) is 4. The molecule has 0 bridgehead atoms. The standard InChI is InChI=1S/C19H21N5O4/c1-26-15-10-12-13(11-16(15)27-2)21-19(22-17(12)20)24-7-5-23(6-8-24)18(25)14-4-3-9-28-14/h3-4,9-11H,5-8H2,1-2H3,(H2,20,21,22)/i5D2,6D2,10D,11D. The van der Waals surface area contributed by atoms with Crippen LogP contribution in [0.15, 0.2) is 34.9 Å². The Balaban J connectivity index is 1.80. The van der Waals surface area contributed by atoms with Crippen molar-refractivity contribution >= 4 is 28.6 Å². The van der Waals surface area contributed by atoms with Crippen molar-refractivity contribution in [2.75, 3.05) is 50.9 Å². The zero-order valence-electron chi connectivity index (χ0n) is 21.1. The van der Waals surface area contributed by atoms with Gasteiger partial charge in [-0.25, -0.2) is 4.98 Å². The van der Waals surface area contributed by atoms with Crippen LogP contribution in [0.3, 0.4) is 0 Å². The molecule has 2 N–H and O–H groups in total. The van der Waals surface area contributed by atoms with Crippen molar-refractivity contribution < 1.29 is 26.9 Å². The number of rotatable bonds is 4. The van der Waals surface area contributed by atoms with Gasteiger partial charge in [-0.15, -0.1) is 0 Å². The van der Waals surface area contributed by atoms with Gasteiger partial charge in [-0.1, -0.05) is 0 Å². The first-order valence-electron chi connectivity index (χ1n) is 11.2. The number of carbonyl (C=O) groups excluding carboxylic acids is 1. The maximum absolute atomic E-state index is 12.8. The second-order valence-electron chi connectivity index (χ2n) is 5.74. The van der Waals surface area contributed by atoms with Crippen LogP contribution in [0.1, 0.15) is 18.8 Å². The number of aromatic nitrogens is 2. The van der Waals surface area contributed by atoms with E-state index in [1.165, 1.54) is 37.5 Å². The molecule has 3 aromatic rings. The molecular weight excluding hydrogens is 362 g/mol. The topological polar surface area (TPSA) is 107 Å². The van der Waals surface area contributed by atoms with E-state index < -0.39 is 32.0 Å². The third-order valence-corrected chi connectivity index (χ3v) is 4.07. The second-order valence-corrected chi connectivity index (χ2v) is 5.74. The zero-order valence-corrected chi connectivity index (χ0v) is 15.1. The fourth-order valence-electron chi connectivity index (χ4n) is 2.66. The molecule has 0 aliphatic carbocycles. The molecule has 3 heterocycles.